The fraction of sp³-hybridized carbons (Fsp3) is 0.517. The van der Waals surface area contributed by atoms with Crippen molar-refractivity contribution < 1.29 is 28.2 Å². The van der Waals surface area contributed by atoms with Crippen molar-refractivity contribution in [1.82, 2.24) is 10.2 Å². The number of halogens is 1. The number of benzene rings is 1. The number of likely N-dealkylation sites (tertiary alicyclic amines) is 1. The van der Waals surface area contributed by atoms with Crippen molar-refractivity contribution in [2.45, 2.75) is 64.3 Å². The zero-order valence-electron chi connectivity index (χ0n) is 22.6. The van der Waals surface area contributed by atoms with Crippen molar-refractivity contribution in [3.8, 4) is 17.2 Å². The van der Waals surface area contributed by atoms with Gasteiger partial charge in [-0.3, -0.25) is 9.69 Å². The number of nitrogens with zero attached hydrogens (tertiary/aromatic N) is 2. The number of thiophene rings is 1. The standard InChI is InChI=1S/C29H32FN3O5S/c1-14-23-19-11-21(24(14)23)33(28(36)38-29(2,3)4)25(19)26(34)32-18(12-31)8-16-7-6-15(9-20(16)30)17-10-22(39-13-17)27(35)37-5/h6-7,9-10,13-14,18-19,21,23-25H,8,11H2,1-5H3,(H,32,34)/t14-,18-,19+,21-,23-,24+,25-/m0/s1. The Hall–Kier alpha value is -3.45. The number of methoxy groups -OCH3 is 1. The van der Waals surface area contributed by atoms with Gasteiger partial charge in [-0.05, 0) is 85.1 Å². The number of fused-ring (bicyclic) bond motifs is 5. The lowest BCUT2D eigenvalue weighted by Crippen LogP contribution is -2.56. The van der Waals surface area contributed by atoms with E-state index in [0.29, 0.717) is 33.8 Å². The van der Waals surface area contributed by atoms with E-state index in [2.05, 4.69) is 18.3 Å². The summed E-state index contributed by atoms with van der Waals surface area (Å²) in [6.45, 7) is 7.52. The molecule has 0 unspecified atom stereocenters. The minimum absolute atomic E-state index is 0.0263. The topological polar surface area (TPSA) is 109 Å². The molecular formula is C29H32FN3O5S. The number of esters is 1. The Bertz CT molecular complexity index is 1360. The summed E-state index contributed by atoms with van der Waals surface area (Å²) in [4.78, 5) is 40.4. The summed E-state index contributed by atoms with van der Waals surface area (Å²) in [5.74, 6) is -0.116. The number of nitrogens with one attached hydrogen (secondary N) is 1. The van der Waals surface area contributed by atoms with Gasteiger partial charge in [0.1, 0.15) is 28.4 Å². The van der Waals surface area contributed by atoms with Crippen LogP contribution in [0.3, 0.4) is 0 Å². The third kappa shape index (κ3) is 5.00. The highest BCUT2D eigenvalue weighted by Crippen LogP contribution is 2.67. The van der Waals surface area contributed by atoms with Crippen LogP contribution in [0, 0.1) is 40.8 Å². The second-order valence-corrected chi connectivity index (χ2v) is 12.6. The normalized spacial score (nSPS) is 27.4. The Morgan fingerprint density at radius 3 is 2.62 bits per heavy atom. The highest BCUT2D eigenvalue weighted by atomic mass is 32.1. The molecule has 3 fully saturated rings. The summed E-state index contributed by atoms with van der Waals surface area (Å²) < 4.78 is 25.4. The van der Waals surface area contributed by atoms with E-state index >= 15 is 4.39 Å². The molecule has 1 N–H and O–H groups in total. The summed E-state index contributed by atoms with van der Waals surface area (Å²) in [5, 5.41) is 14.3. The quantitative estimate of drug-likeness (QED) is 0.516. The Labute approximate surface area is 231 Å². The van der Waals surface area contributed by atoms with Gasteiger partial charge in [-0.1, -0.05) is 19.1 Å². The summed E-state index contributed by atoms with van der Waals surface area (Å²) in [6.07, 6.45) is 0.220. The maximum Gasteiger partial charge on any atom is 0.411 e. The first-order valence-corrected chi connectivity index (χ1v) is 14.0. The molecule has 2 aliphatic carbocycles. The van der Waals surface area contributed by atoms with Gasteiger partial charge in [0.15, 0.2) is 0 Å². The highest BCUT2D eigenvalue weighted by Gasteiger charge is 2.71. The predicted molar refractivity (Wildman–Crippen MR) is 142 cm³/mol. The van der Waals surface area contributed by atoms with Gasteiger partial charge in [-0.2, -0.15) is 5.26 Å². The lowest BCUT2D eigenvalue weighted by Gasteiger charge is -2.35. The van der Waals surface area contributed by atoms with Crippen molar-refractivity contribution in [3.63, 3.8) is 0 Å². The average Bonchev–Trinajstić information content (AvgIpc) is 3.28. The Balaban J connectivity index is 1.29. The van der Waals surface area contributed by atoms with Gasteiger partial charge in [-0.25, -0.2) is 14.0 Å². The van der Waals surface area contributed by atoms with Crippen LogP contribution in [0.4, 0.5) is 9.18 Å². The van der Waals surface area contributed by atoms with Crippen LogP contribution in [0.15, 0.2) is 29.6 Å². The number of hydrogen-bond donors (Lipinski definition) is 1. The van der Waals surface area contributed by atoms with E-state index in [-0.39, 0.29) is 23.9 Å². The van der Waals surface area contributed by atoms with Crippen LogP contribution in [-0.4, -0.2) is 53.7 Å². The summed E-state index contributed by atoms with van der Waals surface area (Å²) >= 11 is 1.21. The van der Waals surface area contributed by atoms with Crippen LogP contribution in [0.1, 0.15) is 49.4 Å². The number of carbonyl (C=O) groups is 3. The fourth-order valence-corrected chi connectivity index (χ4v) is 7.36. The van der Waals surface area contributed by atoms with E-state index in [4.69, 9.17) is 9.47 Å². The second-order valence-electron chi connectivity index (χ2n) is 11.7. The van der Waals surface area contributed by atoms with E-state index in [9.17, 15) is 19.6 Å². The number of rotatable bonds is 6. The first kappa shape index (κ1) is 27.1. The van der Waals surface area contributed by atoms with Crippen molar-refractivity contribution in [2.75, 3.05) is 7.11 Å². The van der Waals surface area contributed by atoms with E-state index in [1.165, 1.54) is 24.5 Å². The molecule has 1 aromatic heterocycles. The van der Waals surface area contributed by atoms with Gasteiger partial charge in [0.05, 0.1) is 13.2 Å². The SMILES string of the molecule is COC(=O)c1cc(-c2ccc(C[C@@H](C#N)NC(=O)[C@@H]3[C@@H]4C[C@@H]([C@H]5[C@@H](C)[C@@H]45)N3C(=O)OC(C)(C)C)c(F)c2)cs1. The van der Waals surface area contributed by atoms with Crippen LogP contribution < -0.4 is 5.32 Å². The Morgan fingerprint density at radius 1 is 1.23 bits per heavy atom. The fourth-order valence-electron chi connectivity index (χ4n) is 6.53. The maximum absolute atomic E-state index is 15.1. The highest BCUT2D eigenvalue weighted by molar-refractivity contribution is 7.12. The second kappa shape index (κ2) is 9.94. The van der Waals surface area contributed by atoms with Crippen LogP contribution in [0.5, 0.6) is 0 Å². The molecule has 0 spiro atoms. The first-order valence-electron chi connectivity index (χ1n) is 13.1. The zero-order chi connectivity index (χ0) is 28.2. The molecule has 206 valence electrons. The molecule has 10 heteroatoms. The molecule has 1 aliphatic heterocycles. The summed E-state index contributed by atoms with van der Waals surface area (Å²) in [5.41, 5.74) is 0.851. The molecule has 2 bridgehead atoms. The van der Waals surface area contributed by atoms with Crippen LogP contribution in [-0.2, 0) is 20.7 Å². The van der Waals surface area contributed by atoms with E-state index in [1.54, 1.807) is 49.3 Å². The van der Waals surface area contributed by atoms with Gasteiger partial charge >= 0.3 is 12.1 Å². The molecule has 5 rings (SSSR count). The Kier molecular flexibility index (Phi) is 6.91. The molecule has 0 radical (unpaired) electrons. The number of carbonyl (C=O) groups excluding carboxylic acids is 3. The van der Waals surface area contributed by atoms with Gasteiger partial charge in [0, 0.05) is 12.5 Å². The molecule has 1 saturated heterocycles. The molecule has 8 nitrogen and oxygen atoms in total. The monoisotopic (exact) mass is 553 g/mol. The molecule has 2 aromatic rings. The number of hydrogen-bond acceptors (Lipinski definition) is 7. The molecule has 2 saturated carbocycles. The minimum atomic E-state index is -0.975. The lowest BCUT2D eigenvalue weighted by atomic mass is 9.94. The Morgan fingerprint density at radius 2 is 1.97 bits per heavy atom. The number of ether oxygens (including phenoxy) is 2. The summed E-state index contributed by atoms with van der Waals surface area (Å²) in [7, 11) is 1.30. The molecule has 1 aromatic carbocycles. The van der Waals surface area contributed by atoms with Crippen LogP contribution >= 0.6 is 11.3 Å². The third-order valence-corrected chi connectivity index (χ3v) is 9.08. The van der Waals surface area contributed by atoms with Gasteiger partial charge in [0.2, 0.25) is 5.91 Å². The number of amides is 2. The minimum Gasteiger partial charge on any atom is -0.465 e. The molecule has 7 atom stereocenters. The number of nitriles is 1. The van der Waals surface area contributed by atoms with Gasteiger partial charge in [-0.15, -0.1) is 11.3 Å². The lowest BCUT2D eigenvalue weighted by molar-refractivity contribution is -0.128. The third-order valence-electron chi connectivity index (χ3n) is 8.17. The molecular weight excluding hydrogens is 521 g/mol. The van der Waals surface area contributed by atoms with Crippen molar-refractivity contribution in [1.29, 1.82) is 5.26 Å². The maximum atomic E-state index is 15.1. The molecule has 39 heavy (non-hydrogen) atoms. The smallest absolute Gasteiger partial charge is 0.411 e. The van der Waals surface area contributed by atoms with Crippen LogP contribution in [0.25, 0.3) is 11.1 Å². The largest absolute Gasteiger partial charge is 0.465 e. The van der Waals surface area contributed by atoms with Crippen molar-refractivity contribution in [2.24, 2.45) is 23.7 Å². The van der Waals surface area contributed by atoms with E-state index in [1.807, 2.05) is 0 Å². The van der Waals surface area contributed by atoms with Crippen molar-refractivity contribution >= 4 is 29.3 Å². The van der Waals surface area contributed by atoms with Crippen molar-refractivity contribution in [3.05, 3.63) is 45.9 Å². The molecule has 3 aliphatic rings. The van der Waals surface area contributed by atoms with Gasteiger partial charge in [0.25, 0.3) is 0 Å². The number of piperidine rings is 1. The average molecular weight is 554 g/mol. The predicted octanol–water partition coefficient (Wildman–Crippen LogP) is 4.78. The van der Waals surface area contributed by atoms with Crippen LogP contribution in [0.2, 0.25) is 0 Å². The summed E-state index contributed by atoms with van der Waals surface area (Å²) in [6, 6.07) is 6.64. The van der Waals surface area contributed by atoms with Gasteiger partial charge < -0.3 is 14.8 Å². The van der Waals surface area contributed by atoms with E-state index < -0.39 is 41.5 Å². The molecule has 2 heterocycles. The van der Waals surface area contributed by atoms with E-state index in [0.717, 1.165) is 6.42 Å². The first-order chi connectivity index (χ1) is 18.4. The zero-order valence-corrected chi connectivity index (χ0v) is 23.4. The molecule has 2 amide bonds.